The standard InChI is InChI=1S/C9H15N3O2S/c1-4-5-14-8(13)7(2)15-9-11-10-6-12(9)3/h6-7H,4-5H2,1-3H3. The van der Waals surface area contributed by atoms with Crippen LogP contribution in [0.25, 0.3) is 0 Å². The summed E-state index contributed by atoms with van der Waals surface area (Å²) in [6.07, 6.45) is 2.44. The van der Waals surface area contributed by atoms with Crippen molar-refractivity contribution in [2.24, 2.45) is 7.05 Å². The molecule has 1 aromatic heterocycles. The van der Waals surface area contributed by atoms with E-state index in [1.807, 2.05) is 14.0 Å². The summed E-state index contributed by atoms with van der Waals surface area (Å²) in [4.78, 5) is 11.4. The maximum absolute atomic E-state index is 11.4. The molecule has 0 aliphatic rings. The lowest BCUT2D eigenvalue weighted by molar-refractivity contribution is -0.142. The Hall–Kier alpha value is -1.04. The van der Waals surface area contributed by atoms with Crippen LogP contribution in [0.2, 0.25) is 0 Å². The third kappa shape index (κ3) is 3.54. The average Bonchev–Trinajstić information content (AvgIpc) is 2.61. The molecule has 0 N–H and O–H groups in total. The molecule has 6 heteroatoms. The Morgan fingerprint density at radius 1 is 1.73 bits per heavy atom. The van der Waals surface area contributed by atoms with Crippen LogP contribution in [-0.4, -0.2) is 32.6 Å². The summed E-state index contributed by atoms with van der Waals surface area (Å²) in [7, 11) is 1.84. The van der Waals surface area contributed by atoms with E-state index in [1.54, 1.807) is 17.8 Å². The summed E-state index contributed by atoms with van der Waals surface area (Å²) in [5, 5.41) is 8.09. The first-order valence-electron chi connectivity index (χ1n) is 4.82. The fraction of sp³-hybridized carbons (Fsp3) is 0.667. The fourth-order valence-electron chi connectivity index (χ4n) is 0.906. The molecule has 0 aliphatic heterocycles. The molecule has 0 aromatic carbocycles. The largest absolute Gasteiger partial charge is 0.465 e. The van der Waals surface area contributed by atoms with Gasteiger partial charge in [-0.15, -0.1) is 10.2 Å². The van der Waals surface area contributed by atoms with E-state index in [2.05, 4.69) is 10.2 Å². The maximum atomic E-state index is 11.4. The summed E-state index contributed by atoms with van der Waals surface area (Å²) in [5.74, 6) is -0.204. The monoisotopic (exact) mass is 229 g/mol. The summed E-state index contributed by atoms with van der Waals surface area (Å²) >= 11 is 1.35. The minimum absolute atomic E-state index is 0.204. The van der Waals surface area contributed by atoms with Crippen molar-refractivity contribution in [3.8, 4) is 0 Å². The molecule has 0 aliphatic carbocycles. The zero-order valence-electron chi connectivity index (χ0n) is 9.14. The molecule has 0 amide bonds. The smallest absolute Gasteiger partial charge is 0.319 e. The Morgan fingerprint density at radius 2 is 2.47 bits per heavy atom. The van der Waals surface area contributed by atoms with Gasteiger partial charge in [0, 0.05) is 7.05 Å². The molecule has 0 fully saturated rings. The molecule has 1 unspecified atom stereocenters. The second-order valence-electron chi connectivity index (χ2n) is 3.15. The highest BCUT2D eigenvalue weighted by Gasteiger charge is 2.17. The van der Waals surface area contributed by atoms with Gasteiger partial charge in [0.15, 0.2) is 5.16 Å². The van der Waals surface area contributed by atoms with Crippen LogP contribution in [0.5, 0.6) is 0 Å². The highest BCUT2D eigenvalue weighted by Crippen LogP contribution is 2.20. The predicted molar refractivity (Wildman–Crippen MR) is 57.6 cm³/mol. The number of aromatic nitrogens is 3. The molecule has 1 aromatic rings. The van der Waals surface area contributed by atoms with E-state index < -0.39 is 0 Å². The van der Waals surface area contributed by atoms with Crippen LogP contribution >= 0.6 is 11.8 Å². The Balaban J connectivity index is 2.45. The van der Waals surface area contributed by atoms with Gasteiger partial charge >= 0.3 is 5.97 Å². The minimum Gasteiger partial charge on any atom is -0.465 e. The number of rotatable bonds is 5. The first-order chi connectivity index (χ1) is 7.15. The van der Waals surface area contributed by atoms with Crippen molar-refractivity contribution >= 4 is 17.7 Å². The molecule has 15 heavy (non-hydrogen) atoms. The lowest BCUT2D eigenvalue weighted by Gasteiger charge is -2.09. The van der Waals surface area contributed by atoms with Gasteiger partial charge in [0.05, 0.1) is 6.61 Å². The third-order valence-corrected chi connectivity index (χ3v) is 2.86. The lowest BCUT2D eigenvalue weighted by atomic mass is 10.5. The van der Waals surface area contributed by atoms with Crippen LogP contribution in [-0.2, 0) is 16.6 Å². The molecular formula is C9H15N3O2S. The zero-order chi connectivity index (χ0) is 11.3. The third-order valence-electron chi connectivity index (χ3n) is 1.73. The molecule has 0 bridgehead atoms. The quantitative estimate of drug-likeness (QED) is 0.562. The number of nitrogens with zero attached hydrogens (tertiary/aromatic N) is 3. The van der Waals surface area contributed by atoms with Crippen molar-refractivity contribution in [2.75, 3.05) is 6.61 Å². The minimum atomic E-state index is -0.251. The number of aryl methyl sites for hydroxylation is 1. The molecule has 1 atom stereocenters. The molecule has 1 rings (SSSR count). The Morgan fingerprint density at radius 3 is 3.00 bits per heavy atom. The molecular weight excluding hydrogens is 214 g/mol. The van der Waals surface area contributed by atoms with Gasteiger partial charge in [-0.05, 0) is 13.3 Å². The number of hydrogen-bond acceptors (Lipinski definition) is 5. The van der Waals surface area contributed by atoms with E-state index in [9.17, 15) is 4.79 Å². The van der Waals surface area contributed by atoms with Crippen molar-refractivity contribution < 1.29 is 9.53 Å². The highest BCUT2D eigenvalue weighted by atomic mass is 32.2. The first-order valence-corrected chi connectivity index (χ1v) is 5.70. The maximum Gasteiger partial charge on any atom is 0.319 e. The summed E-state index contributed by atoms with van der Waals surface area (Å²) in [6, 6.07) is 0. The van der Waals surface area contributed by atoms with Gasteiger partial charge < -0.3 is 9.30 Å². The van der Waals surface area contributed by atoms with Crippen LogP contribution in [0.1, 0.15) is 20.3 Å². The van der Waals surface area contributed by atoms with Gasteiger partial charge in [0.1, 0.15) is 11.6 Å². The second kappa shape index (κ2) is 5.75. The lowest BCUT2D eigenvalue weighted by Crippen LogP contribution is -2.17. The molecule has 5 nitrogen and oxygen atoms in total. The highest BCUT2D eigenvalue weighted by molar-refractivity contribution is 8.00. The van der Waals surface area contributed by atoms with Crippen LogP contribution in [0.3, 0.4) is 0 Å². The summed E-state index contributed by atoms with van der Waals surface area (Å²) < 4.78 is 6.80. The van der Waals surface area contributed by atoms with Crippen molar-refractivity contribution in [3.63, 3.8) is 0 Å². The fourth-order valence-corrected chi connectivity index (χ4v) is 1.69. The van der Waals surface area contributed by atoms with E-state index in [1.165, 1.54) is 11.8 Å². The van der Waals surface area contributed by atoms with Gasteiger partial charge in [0.25, 0.3) is 0 Å². The normalized spacial score (nSPS) is 12.5. The van der Waals surface area contributed by atoms with E-state index in [0.717, 1.165) is 11.6 Å². The van der Waals surface area contributed by atoms with Gasteiger partial charge in [-0.1, -0.05) is 18.7 Å². The van der Waals surface area contributed by atoms with E-state index in [4.69, 9.17) is 4.74 Å². The van der Waals surface area contributed by atoms with Crippen LogP contribution in [0.4, 0.5) is 0 Å². The van der Waals surface area contributed by atoms with Crippen molar-refractivity contribution in [3.05, 3.63) is 6.33 Å². The Labute approximate surface area is 93.2 Å². The Kier molecular flexibility index (Phi) is 4.61. The number of esters is 1. The topological polar surface area (TPSA) is 57.0 Å². The van der Waals surface area contributed by atoms with E-state index in [0.29, 0.717) is 6.61 Å². The molecule has 0 saturated heterocycles. The van der Waals surface area contributed by atoms with Crippen molar-refractivity contribution in [2.45, 2.75) is 30.7 Å². The number of thioether (sulfide) groups is 1. The van der Waals surface area contributed by atoms with Crippen LogP contribution in [0, 0.1) is 0 Å². The van der Waals surface area contributed by atoms with Gasteiger partial charge in [0.2, 0.25) is 0 Å². The zero-order valence-corrected chi connectivity index (χ0v) is 9.95. The van der Waals surface area contributed by atoms with Crippen LogP contribution < -0.4 is 0 Å². The van der Waals surface area contributed by atoms with Crippen LogP contribution in [0.15, 0.2) is 11.5 Å². The van der Waals surface area contributed by atoms with E-state index >= 15 is 0 Å². The average molecular weight is 229 g/mol. The van der Waals surface area contributed by atoms with Gasteiger partial charge in [-0.3, -0.25) is 4.79 Å². The number of hydrogen-bond donors (Lipinski definition) is 0. The molecule has 0 saturated carbocycles. The molecule has 0 radical (unpaired) electrons. The molecule has 0 spiro atoms. The van der Waals surface area contributed by atoms with Gasteiger partial charge in [-0.25, -0.2) is 0 Å². The predicted octanol–water partition coefficient (Wildman–Crippen LogP) is 1.25. The number of ether oxygens (including phenoxy) is 1. The van der Waals surface area contributed by atoms with Crippen molar-refractivity contribution in [1.82, 2.24) is 14.8 Å². The Bertz CT molecular complexity index is 327. The molecule has 84 valence electrons. The summed E-state index contributed by atoms with van der Waals surface area (Å²) in [6.45, 7) is 4.24. The SMILES string of the molecule is CCCOC(=O)C(C)Sc1nncn1C. The first kappa shape index (κ1) is 12.0. The van der Waals surface area contributed by atoms with E-state index in [-0.39, 0.29) is 11.2 Å². The number of carbonyl (C=O) groups excluding carboxylic acids is 1. The number of carbonyl (C=O) groups is 1. The summed E-state index contributed by atoms with van der Waals surface area (Å²) in [5.41, 5.74) is 0. The molecule has 1 heterocycles. The van der Waals surface area contributed by atoms with Crippen molar-refractivity contribution in [1.29, 1.82) is 0 Å². The van der Waals surface area contributed by atoms with Gasteiger partial charge in [-0.2, -0.15) is 0 Å². The second-order valence-corrected chi connectivity index (χ2v) is 4.46.